The number of carbonyl (C=O) groups is 1. The fraction of sp³-hybridized carbons (Fsp3) is 0.368. The number of hydrogen-bond donors (Lipinski definition) is 1. The van der Waals surface area contributed by atoms with Crippen LogP contribution in [0.3, 0.4) is 0 Å². The lowest BCUT2D eigenvalue weighted by atomic mass is 9.97. The highest BCUT2D eigenvalue weighted by atomic mass is 16.6. The third-order valence-corrected chi connectivity index (χ3v) is 4.63. The van der Waals surface area contributed by atoms with Crippen molar-refractivity contribution in [1.82, 2.24) is 9.88 Å². The number of piperidine rings is 1. The van der Waals surface area contributed by atoms with Crippen LogP contribution in [0.2, 0.25) is 0 Å². The van der Waals surface area contributed by atoms with Crippen LogP contribution in [0.15, 0.2) is 42.7 Å². The van der Waals surface area contributed by atoms with Gasteiger partial charge in [0.15, 0.2) is 11.5 Å². The van der Waals surface area contributed by atoms with Gasteiger partial charge >= 0.3 is 6.03 Å². The molecule has 1 aromatic heterocycles. The van der Waals surface area contributed by atoms with Crippen LogP contribution < -0.4 is 14.8 Å². The Balaban J connectivity index is 1.51. The highest BCUT2D eigenvalue weighted by molar-refractivity contribution is 5.90. The predicted molar refractivity (Wildman–Crippen MR) is 94.0 cm³/mol. The molecule has 1 saturated heterocycles. The number of fused-ring (bicyclic) bond motifs is 1. The van der Waals surface area contributed by atoms with Gasteiger partial charge in [0.2, 0.25) is 0 Å². The zero-order valence-corrected chi connectivity index (χ0v) is 14.0. The zero-order chi connectivity index (χ0) is 17.1. The number of nitrogens with one attached hydrogen (secondary N) is 1. The van der Waals surface area contributed by atoms with Gasteiger partial charge in [-0.2, -0.15) is 0 Å². The Kier molecular flexibility index (Phi) is 4.41. The Hall–Kier alpha value is -2.76. The van der Waals surface area contributed by atoms with Crippen molar-refractivity contribution in [3.63, 3.8) is 0 Å². The van der Waals surface area contributed by atoms with Crippen molar-refractivity contribution >= 4 is 11.7 Å². The molecule has 130 valence electrons. The van der Waals surface area contributed by atoms with Gasteiger partial charge in [-0.15, -0.1) is 0 Å². The van der Waals surface area contributed by atoms with Crippen LogP contribution in [0.1, 0.15) is 30.9 Å². The normalized spacial score (nSPS) is 19.4. The highest BCUT2D eigenvalue weighted by Crippen LogP contribution is 2.34. The second-order valence-corrected chi connectivity index (χ2v) is 6.28. The minimum absolute atomic E-state index is 0.0691. The summed E-state index contributed by atoms with van der Waals surface area (Å²) in [7, 11) is 0. The molecule has 0 bridgehead atoms. The summed E-state index contributed by atoms with van der Waals surface area (Å²) in [6.45, 7) is 1.83. The first-order valence-electron chi connectivity index (χ1n) is 8.68. The smallest absolute Gasteiger partial charge is 0.322 e. The third kappa shape index (κ3) is 3.38. The van der Waals surface area contributed by atoms with Crippen molar-refractivity contribution in [2.75, 3.05) is 25.1 Å². The van der Waals surface area contributed by atoms with Crippen LogP contribution in [0, 0.1) is 0 Å². The van der Waals surface area contributed by atoms with Gasteiger partial charge in [0.05, 0.1) is 6.04 Å². The molecule has 0 aliphatic carbocycles. The lowest BCUT2D eigenvalue weighted by Crippen LogP contribution is -2.41. The summed E-state index contributed by atoms with van der Waals surface area (Å²) in [5.74, 6) is 1.39. The van der Waals surface area contributed by atoms with E-state index in [0.717, 1.165) is 37.1 Å². The van der Waals surface area contributed by atoms with Crippen molar-refractivity contribution < 1.29 is 14.3 Å². The fourth-order valence-corrected chi connectivity index (χ4v) is 3.41. The lowest BCUT2D eigenvalue weighted by molar-refractivity contribution is 0.163. The van der Waals surface area contributed by atoms with Gasteiger partial charge in [-0.3, -0.25) is 4.98 Å². The fourth-order valence-electron chi connectivity index (χ4n) is 3.41. The summed E-state index contributed by atoms with van der Waals surface area (Å²) in [6.07, 6.45) is 6.70. The molecule has 2 amide bonds. The average molecular weight is 339 g/mol. The molecule has 0 unspecified atom stereocenters. The molecule has 2 aliphatic rings. The van der Waals surface area contributed by atoms with Crippen molar-refractivity contribution in [3.8, 4) is 11.5 Å². The summed E-state index contributed by atoms with van der Waals surface area (Å²) >= 11 is 0. The monoisotopic (exact) mass is 339 g/mol. The Labute approximate surface area is 146 Å². The van der Waals surface area contributed by atoms with Crippen LogP contribution >= 0.6 is 0 Å². The SMILES string of the molecule is O=C(Nc1ccc2c(c1)OCCO2)N1CCCC[C@@H]1c1cccnc1. The molecular formula is C19H21N3O3. The minimum atomic E-state index is -0.0924. The molecule has 2 aliphatic heterocycles. The largest absolute Gasteiger partial charge is 0.486 e. The van der Waals surface area contributed by atoms with Crippen molar-refractivity contribution in [2.24, 2.45) is 0 Å². The first-order chi connectivity index (χ1) is 12.3. The van der Waals surface area contributed by atoms with E-state index in [1.54, 1.807) is 6.20 Å². The van der Waals surface area contributed by atoms with Gasteiger partial charge in [-0.1, -0.05) is 6.07 Å². The van der Waals surface area contributed by atoms with Crippen molar-refractivity contribution in [1.29, 1.82) is 0 Å². The Morgan fingerprint density at radius 2 is 2.04 bits per heavy atom. The number of nitrogens with zero attached hydrogens (tertiary/aromatic N) is 2. The van der Waals surface area contributed by atoms with E-state index in [-0.39, 0.29) is 12.1 Å². The molecule has 1 atom stereocenters. The van der Waals surface area contributed by atoms with Crippen LogP contribution in [0.25, 0.3) is 0 Å². The molecule has 0 radical (unpaired) electrons. The van der Waals surface area contributed by atoms with E-state index < -0.39 is 0 Å². The number of rotatable bonds is 2. The van der Waals surface area contributed by atoms with Crippen molar-refractivity contribution in [2.45, 2.75) is 25.3 Å². The molecule has 0 spiro atoms. The molecule has 0 saturated carbocycles. The molecule has 4 rings (SSSR count). The maximum atomic E-state index is 12.8. The van der Waals surface area contributed by atoms with Gasteiger partial charge in [-0.25, -0.2) is 4.79 Å². The number of urea groups is 1. The van der Waals surface area contributed by atoms with Gasteiger partial charge < -0.3 is 19.7 Å². The molecular weight excluding hydrogens is 318 g/mol. The average Bonchev–Trinajstić information content (AvgIpc) is 2.68. The first-order valence-corrected chi connectivity index (χ1v) is 8.68. The standard InChI is InChI=1S/C19H21N3O3/c23-19(21-15-6-7-17-18(12-15)25-11-10-24-17)22-9-2-1-5-16(22)14-4-3-8-20-13-14/h3-4,6-8,12-13,16H,1-2,5,9-11H2,(H,21,23)/t16-/m1/s1. The quantitative estimate of drug-likeness (QED) is 0.908. The number of carbonyl (C=O) groups excluding carboxylic acids is 1. The van der Waals surface area contributed by atoms with E-state index in [4.69, 9.17) is 9.47 Å². The van der Waals surface area contributed by atoms with E-state index in [1.165, 1.54) is 0 Å². The number of ether oxygens (including phenoxy) is 2. The second-order valence-electron chi connectivity index (χ2n) is 6.28. The van der Waals surface area contributed by atoms with E-state index in [1.807, 2.05) is 41.4 Å². The van der Waals surface area contributed by atoms with E-state index in [0.29, 0.717) is 24.7 Å². The molecule has 3 heterocycles. The van der Waals surface area contributed by atoms with E-state index >= 15 is 0 Å². The van der Waals surface area contributed by atoms with Crippen LogP contribution in [-0.4, -0.2) is 35.7 Å². The summed E-state index contributed by atoms with van der Waals surface area (Å²) < 4.78 is 11.1. The highest BCUT2D eigenvalue weighted by Gasteiger charge is 2.28. The van der Waals surface area contributed by atoms with E-state index in [9.17, 15) is 4.79 Å². The summed E-state index contributed by atoms with van der Waals surface area (Å²) in [4.78, 5) is 18.9. The minimum Gasteiger partial charge on any atom is -0.486 e. The van der Waals surface area contributed by atoms with E-state index in [2.05, 4.69) is 10.3 Å². The topological polar surface area (TPSA) is 63.7 Å². The maximum Gasteiger partial charge on any atom is 0.322 e. The molecule has 6 heteroatoms. The van der Waals surface area contributed by atoms with Crippen LogP contribution in [0.4, 0.5) is 10.5 Å². The number of aromatic nitrogens is 1. The second kappa shape index (κ2) is 7.01. The molecule has 2 aromatic rings. The maximum absolute atomic E-state index is 12.8. The third-order valence-electron chi connectivity index (χ3n) is 4.63. The summed E-state index contributed by atoms with van der Waals surface area (Å²) in [5, 5.41) is 2.99. The summed E-state index contributed by atoms with van der Waals surface area (Å²) in [5.41, 5.74) is 1.80. The zero-order valence-electron chi connectivity index (χ0n) is 14.0. The number of hydrogen-bond acceptors (Lipinski definition) is 4. The summed E-state index contributed by atoms with van der Waals surface area (Å²) in [6, 6.07) is 9.42. The van der Waals surface area contributed by atoms with Gasteiger partial charge in [0, 0.05) is 30.7 Å². The van der Waals surface area contributed by atoms with Gasteiger partial charge in [0.1, 0.15) is 13.2 Å². The number of amides is 2. The molecule has 1 N–H and O–H groups in total. The number of likely N-dealkylation sites (tertiary alicyclic amines) is 1. The molecule has 1 aromatic carbocycles. The number of benzene rings is 1. The Morgan fingerprint density at radius 1 is 1.16 bits per heavy atom. The molecule has 6 nitrogen and oxygen atoms in total. The van der Waals surface area contributed by atoms with Crippen LogP contribution in [0.5, 0.6) is 11.5 Å². The lowest BCUT2D eigenvalue weighted by Gasteiger charge is -2.36. The predicted octanol–water partition coefficient (Wildman–Crippen LogP) is 3.61. The molecule has 25 heavy (non-hydrogen) atoms. The molecule has 1 fully saturated rings. The van der Waals surface area contributed by atoms with Gasteiger partial charge in [-0.05, 0) is 43.0 Å². The number of anilines is 1. The number of pyridine rings is 1. The van der Waals surface area contributed by atoms with Gasteiger partial charge in [0.25, 0.3) is 0 Å². The Morgan fingerprint density at radius 3 is 2.88 bits per heavy atom. The Bertz CT molecular complexity index is 751. The van der Waals surface area contributed by atoms with Crippen LogP contribution in [-0.2, 0) is 0 Å². The first kappa shape index (κ1) is 15.7. The van der Waals surface area contributed by atoms with Crippen molar-refractivity contribution in [3.05, 3.63) is 48.3 Å².